The van der Waals surface area contributed by atoms with Crippen LogP contribution in [0.2, 0.25) is 0 Å². The molecule has 1 aromatic carbocycles. The maximum atomic E-state index is 11.9. The molecule has 0 aliphatic heterocycles. The summed E-state index contributed by atoms with van der Waals surface area (Å²) < 4.78 is 0. The van der Waals surface area contributed by atoms with Crippen LogP contribution in [0.4, 0.5) is 11.5 Å². The lowest BCUT2D eigenvalue weighted by molar-refractivity contribution is 0.0946. The maximum Gasteiger partial charge on any atom is 0.271 e. The van der Waals surface area contributed by atoms with E-state index >= 15 is 0 Å². The third kappa shape index (κ3) is 5.08. The smallest absolute Gasteiger partial charge is 0.271 e. The van der Waals surface area contributed by atoms with Crippen molar-refractivity contribution in [3.63, 3.8) is 0 Å². The molecule has 0 unspecified atom stereocenters. The van der Waals surface area contributed by atoms with Crippen LogP contribution in [-0.4, -0.2) is 22.4 Å². The number of nitriles is 1. The third-order valence-corrected chi connectivity index (χ3v) is 3.16. The Bertz CT molecular complexity index is 704. The zero-order valence-corrected chi connectivity index (χ0v) is 13.2. The Labute approximate surface area is 135 Å². The monoisotopic (exact) mass is 309 g/mol. The number of nitrogens with zero attached hydrogens (tertiary/aromatic N) is 3. The van der Waals surface area contributed by atoms with Gasteiger partial charge in [0.15, 0.2) is 0 Å². The number of benzene rings is 1. The molecule has 0 aliphatic rings. The first-order valence-electron chi connectivity index (χ1n) is 7.46. The Morgan fingerprint density at radius 1 is 1.30 bits per heavy atom. The van der Waals surface area contributed by atoms with Crippen molar-refractivity contribution in [1.82, 2.24) is 15.3 Å². The predicted molar refractivity (Wildman–Crippen MR) is 88.3 cm³/mol. The van der Waals surface area contributed by atoms with Crippen LogP contribution in [0.1, 0.15) is 36.3 Å². The summed E-state index contributed by atoms with van der Waals surface area (Å²) in [5.41, 5.74) is 1.58. The summed E-state index contributed by atoms with van der Waals surface area (Å²) in [4.78, 5) is 20.2. The van der Waals surface area contributed by atoms with Crippen LogP contribution in [0.25, 0.3) is 0 Å². The summed E-state index contributed by atoms with van der Waals surface area (Å²) in [5, 5.41) is 14.7. The van der Waals surface area contributed by atoms with Crippen molar-refractivity contribution < 1.29 is 4.79 Å². The highest BCUT2D eigenvalue weighted by Gasteiger charge is 2.08. The average Bonchev–Trinajstić information content (AvgIpc) is 2.55. The summed E-state index contributed by atoms with van der Waals surface area (Å²) >= 11 is 0. The molecule has 1 heterocycles. The lowest BCUT2D eigenvalue weighted by Gasteiger charge is -2.08. The molecule has 0 saturated carbocycles. The van der Waals surface area contributed by atoms with Gasteiger partial charge in [0.25, 0.3) is 5.91 Å². The molecule has 0 saturated heterocycles. The minimum Gasteiger partial charge on any atom is -0.351 e. The second-order valence-corrected chi connectivity index (χ2v) is 5.54. The van der Waals surface area contributed by atoms with E-state index in [1.807, 2.05) is 6.07 Å². The predicted octanol–water partition coefficient (Wildman–Crippen LogP) is 2.87. The average molecular weight is 309 g/mol. The molecule has 0 bridgehead atoms. The van der Waals surface area contributed by atoms with Crippen LogP contribution in [0, 0.1) is 17.2 Å². The van der Waals surface area contributed by atoms with E-state index < -0.39 is 0 Å². The summed E-state index contributed by atoms with van der Waals surface area (Å²) in [7, 11) is 0. The van der Waals surface area contributed by atoms with Gasteiger partial charge in [-0.05, 0) is 30.5 Å². The van der Waals surface area contributed by atoms with Crippen LogP contribution in [0.5, 0.6) is 0 Å². The van der Waals surface area contributed by atoms with Crippen molar-refractivity contribution in [1.29, 1.82) is 5.26 Å². The molecule has 0 aliphatic carbocycles. The maximum absolute atomic E-state index is 11.9. The van der Waals surface area contributed by atoms with Crippen molar-refractivity contribution in [2.75, 3.05) is 11.9 Å². The van der Waals surface area contributed by atoms with Crippen molar-refractivity contribution in [3.05, 3.63) is 47.9 Å². The van der Waals surface area contributed by atoms with Crippen LogP contribution in [-0.2, 0) is 0 Å². The van der Waals surface area contributed by atoms with Gasteiger partial charge in [-0.3, -0.25) is 4.79 Å². The van der Waals surface area contributed by atoms with Crippen LogP contribution >= 0.6 is 0 Å². The van der Waals surface area contributed by atoms with E-state index in [0.717, 1.165) is 12.1 Å². The zero-order chi connectivity index (χ0) is 16.7. The van der Waals surface area contributed by atoms with Gasteiger partial charge in [0.2, 0.25) is 0 Å². The van der Waals surface area contributed by atoms with E-state index in [-0.39, 0.29) is 11.6 Å². The molecule has 1 aromatic heterocycles. The number of hydrogen-bond acceptors (Lipinski definition) is 5. The fraction of sp³-hybridized carbons (Fsp3) is 0.294. The van der Waals surface area contributed by atoms with Gasteiger partial charge in [-0.1, -0.05) is 19.9 Å². The second kappa shape index (κ2) is 7.90. The first-order chi connectivity index (χ1) is 11.1. The SMILES string of the molecule is CC(C)CCNC(=O)c1cnc(Nc2cccc(C#N)c2)cn1. The van der Waals surface area contributed by atoms with Gasteiger partial charge in [-0.25, -0.2) is 9.97 Å². The van der Waals surface area contributed by atoms with E-state index in [2.05, 4.69) is 40.5 Å². The van der Waals surface area contributed by atoms with Crippen molar-refractivity contribution in [2.45, 2.75) is 20.3 Å². The van der Waals surface area contributed by atoms with Gasteiger partial charge < -0.3 is 10.6 Å². The summed E-state index contributed by atoms with van der Waals surface area (Å²) in [6.45, 7) is 4.83. The Morgan fingerprint density at radius 3 is 2.78 bits per heavy atom. The molecule has 1 amide bonds. The topological polar surface area (TPSA) is 90.7 Å². The van der Waals surface area contributed by atoms with Crippen molar-refractivity contribution in [2.24, 2.45) is 5.92 Å². The number of rotatable bonds is 6. The van der Waals surface area contributed by atoms with E-state index in [1.165, 1.54) is 12.4 Å². The number of carbonyl (C=O) groups is 1. The molecule has 118 valence electrons. The molecular weight excluding hydrogens is 290 g/mol. The van der Waals surface area contributed by atoms with Gasteiger partial charge in [0.1, 0.15) is 11.5 Å². The lowest BCUT2D eigenvalue weighted by atomic mass is 10.1. The fourth-order valence-electron chi connectivity index (χ4n) is 1.89. The first kappa shape index (κ1) is 16.4. The molecular formula is C17H19N5O. The van der Waals surface area contributed by atoms with Crippen LogP contribution in [0.3, 0.4) is 0 Å². The number of anilines is 2. The number of aromatic nitrogens is 2. The van der Waals surface area contributed by atoms with E-state index in [4.69, 9.17) is 5.26 Å². The van der Waals surface area contributed by atoms with Crippen molar-refractivity contribution in [3.8, 4) is 6.07 Å². The summed E-state index contributed by atoms with van der Waals surface area (Å²) in [6, 6.07) is 9.13. The summed E-state index contributed by atoms with van der Waals surface area (Å²) in [6.07, 6.45) is 3.85. The quantitative estimate of drug-likeness (QED) is 0.856. The summed E-state index contributed by atoms with van der Waals surface area (Å²) in [5.74, 6) is 0.826. The Morgan fingerprint density at radius 2 is 2.13 bits per heavy atom. The molecule has 6 heteroatoms. The Balaban J connectivity index is 1.96. The van der Waals surface area contributed by atoms with Crippen molar-refractivity contribution >= 4 is 17.4 Å². The molecule has 0 fully saturated rings. The van der Waals surface area contributed by atoms with Crippen LogP contribution < -0.4 is 10.6 Å². The standard InChI is InChI=1S/C17H19N5O/c1-12(2)6-7-19-17(23)15-10-21-16(11-20-15)22-14-5-3-4-13(8-14)9-18/h3-5,8,10-12H,6-7H2,1-2H3,(H,19,23)(H,21,22). The normalized spacial score (nSPS) is 10.2. The van der Waals surface area contributed by atoms with E-state index in [1.54, 1.807) is 18.2 Å². The molecule has 6 nitrogen and oxygen atoms in total. The second-order valence-electron chi connectivity index (χ2n) is 5.54. The number of nitrogens with one attached hydrogen (secondary N) is 2. The minimum absolute atomic E-state index is 0.226. The van der Waals surface area contributed by atoms with Crippen LogP contribution in [0.15, 0.2) is 36.7 Å². The van der Waals surface area contributed by atoms with Gasteiger partial charge >= 0.3 is 0 Å². The number of hydrogen-bond donors (Lipinski definition) is 2. The molecule has 0 radical (unpaired) electrons. The molecule has 0 atom stereocenters. The van der Waals surface area contributed by atoms with Gasteiger partial charge in [0, 0.05) is 12.2 Å². The molecule has 2 aromatic rings. The van der Waals surface area contributed by atoms with E-state index in [0.29, 0.717) is 23.8 Å². The number of amides is 1. The molecule has 2 rings (SSSR count). The van der Waals surface area contributed by atoms with Gasteiger partial charge in [-0.15, -0.1) is 0 Å². The van der Waals surface area contributed by atoms with E-state index in [9.17, 15) is 4.79 Å². The molecule has 23 heavy (non-hydrogen) atoms. The minimum atomic E-state index is -0.226. The van der Waals surface area contributed by atoms with Gasteiger partial charge in [-0.2, -0.15) is 5.26 Å². The largest absolute Gasteiger partial charge is 0.351 e. The molecule has 2 N–H and O–H groups in total. The Hall–Kier alpha value is -2.94. The Kier molecular flexibility index (Phi) is 5.64. The zero-order valence-electron chi connectivity index (χ0n) is 13.2. The highest BCUT2D eigenvalue weighted by atomic mass is 16.1. The molecule has 0 spiro atoms. The lowest BCUT2D eigenvalue weighted by Crippen LogP contribution is -2.26. The first-order valence-corrected chi connectivity index (χ1v) is 7.46. The third-order valence-electron chi connectivity index (χ3n) is 3.16. The fourth-order valence-corrected chi connectivity index (χ4v) is 1.89. The van der Waals surface area contributed by atoms with Gasteiger partial charge in [0.05, 0.1) is 24.0 Å². The highest BCUT2D eigenvalue weighted by molar-refractivity contribution is 5.92. The highest BCUT2D eigenvalue weighted by Crippen LogP contribution is 2.15. The number of carbonyl (C=O) groups excluding carboxylic acids is 1.